The average Bonchev–Trinajstić information content (AvgIpc) is 3.53. The molecule has 0 radical (unpaired) electrons. The monoisotopic (exact) mass is 647 g/mol. The minimum absolute atomic E-state index is 0.000133. The number of carbonyl (C=O) groups excluding carboxylic acids is 2. The number of hydrogen-bond donors (Lipinski definition) is 1. The SMILES string of the molecule is COc1ccc(N(CC(=O)N(Cc2ccc(Cl)c(Cl)c2)[C@@H](C)C(=O)NC2CCCC2)S(=O)(=O)c2ccccc2)cc1OC. The Morgan fingerprint density at radius 1 is 0.930 bits per heavy atom. The zero-order valence-corrected chi connectivity index (χ0v) is 26.6. The summed E-state index contributed by atoms with van der Waals surface area (Å²) >= 11 is 12.4. The Hall–Kier alpha value is -3.47. The summed E-state index contributed by atoms with van der Waals surface area (Å²) in [7, 11) is -1.32. The van der Waals surface area contributed by atoms with Gasteiger partial charge in [-0.1, -0.05) is 60.3 Å². The highest BCUT2D eigenvalue weighted by atomic mass is 35.5. The van der Waals surface area contributed by atoms with Gasteiger partial charge in [-0.05, 0) is 61.7 Å². The first kappa shape index (κ1) is 32.4. The molecule has 1 aliphatic carbocycles. The van der Waals surface area contributed by atoms with Gasteiger partial charge in [-0.15, -0.1) is 0 Å². The summed E-state index contributed by atoms with van der Waals surface area (Å²) in [5.74, 6) is -0.218. The molecular weight excluding hydrogens is 613 g/mol. The fourth-order valence-corrected chi connectivity index (χ4v) is 6.79. The second kappa shape index (κ2) is 14.3. The molecular formula is C31H35Cl2N3O6S. The van der Waals surface area contributed by atoms with Crippen molar-refractivity contribution < 1.29 is 27.5 Å². The average molecular weight is 649 g/mol. The van der Waals surface area contributed by atoms with Crippen LogP contribution in [0.25, 0.3) is 0 Å². The summed E-state index contributed by atoms with van der Waals surface area (Å²) in [6.07, 6.45) is 3.81. The molecule has 0 spiro atoms. The van der Waals surface area contributed by atoms with Crippen molar-refractivity contribution in [3.63, 3.8) is 0 Å². The Kier molecular flexibility index (Phi) is 10.8. The molecule has 43 heavy (non-hydrogen) atoms. The summed E-state index contributed by atoms with van der Waals surface area (Å²) in [6.45, 7) is 1.04. The van der Waals surface area contributed by atoms with E-state index < -0.39 is 28.5 Å². The van der Waals surface area contributed by atoms with Crippen molar-refractivity contribution in [1.82, 2.24) is 10.2 Å². The van der Waals surface area contributed by atoms with Crippen LogP contribution in [0, 0.1) is 0 Å². The van der Waals surface area contributed by atoms with Gasteiger partial charge in [0.2, 0.25) is 11.8 Å². The predicted molar refractivity (Wildman–Crippen MR) is 167 cm³/mol. The molecule has 0 unspecified atom stereocenters. The van der Waals surface area contributed by atoms with Gasteiger partial charge in [-0.25, -0.2) is 8.42 Å². The third-order valence-corrected chi connectivity index (χ3v) is 10.00. The maximum atomic E-state index is 14.1. The van der Waals surface area contributed by atoms with Crippen molar-refractivity contribution in [2.24, 2.45) is 0 Å². The van der Waals surface area contributed by atoms with Crippen LogP contribution in [-0.4, -0.2) is 58.0 Å². The lowest BCUT2D eigenvalue weighted by Gasteiger charge is -2.32. The lowest BCUT2D eigenvalue weighted by molar-refractivity contribution is -0.139. The van der Waals surface area contributed by atoms with Gasteiger partial charge >= 0.3 is 0 Å². The van der Waals surface area contributed by atoms with Crippen LogP contribution < -0.4 is 19.1 Å². The first-order valence-corrected chi connectivity index (χ1v) is 16.1. The maximum Gasteiger partial charge on any atom is 0.264 e. The zero-order chi connectivity index (χ0) is 31.1. The Morgan fingerprint density at radius 3 is 2.23 bits per heavy atom. The van der Waals surface area contributed by atoms with E-state index in [9.17, 15) is 18.0 Å². The number of ether oxygens (including phenoxy) is 2. The number of rotatable bonds is 12. The number of nitrogens with zero attached hydrogens (tertiary/aromatic N) is 2. The van der Waals surface area contributed by atoms with Crippen molar-refractivity contribution in [3.8, 4) is 11.5 Å². The molecule has 0 aromatic heterocycles. The first-order valence-electron chi connectivity index (χ1n) is 13.9. The van der Waals surface area contributed by atoms with E-state index in [4.69, 9.17) is 32.7 Å². The van der Waals surface area contributed by atoms with Crippen molar-refractivity contribution in [1.29, 1.82) is 0 Å². The first-order chi connectivity index (χ1) is 20.5. The number of amides is 2. The molecule has 230 valence electrons. The Labute approximate surface area is 262 Å². The molecule has 2 amide bonds. The van der Waals surface area contributed by atoms with Gasteiger partial charge in [0.15, 0.2) is 11.5 Å². The third-order valence-electron chi connectivity index (χ3n) is 7.47. The molecule has 12 heteroatoms. The molecule has 1 fully saturated rings. The number of hydrogen-bond acceptors (Lipinski definition) is 6. The molecule has 0 saturated heterocycles. The van der Waals surface area contributed by atoms with Crippen LogP contribution in [0.1, 0.15) is 38.2 Å². The van der Waals surface area contributed by atoms with Crippen LogP contribution in [0.4, 0.5) is 5.69 Å². The summed E-state index contributed by atoms with van der Waals surface area (Å²) in [5.41, 5.74) is 0.819. The molecule has 1 N–H and O–H groups in total. The minimum atomic E-state index is -4.23. The van der Waals surface area contributed by atoms with Crippen LogP contribution in [-0.2, 0) is 26.2 Å². The Bertz CT molecular complexity index is 1550. The number of anilines is 1. The van der Waals surface area contributed by atoms with E-state index in [1.807, 2.05) is 0 Å². The standard InChI is InChI=1S/C31H35Cl2N3O6S/c1-21(31(38)34-23-9-7-8-10-23)35(19-22-13-15-26(32)27(33)17-22)30(37)20-36(43(39,40)25-11-5-4-6-12-25)24-14-16-28(41-2)29(18-24)42-3/h4-6,11-18,21,23H,7-10,19-20H2,1-3H3,(H,34,38)/t21-/m0/s1. The van der Waals surface area contributed by atoms with E-state index in [0.29, 0.717) is 21.4 Å². The number of nitrogens with one attached hydrogen (secondary N) is 1. The fourth-order valence-electron chi connectivity index (χ4n) is 5.04. The van der Waals surface area contributed by atoms with Gasteiger partial charge in [-0.2, -0.15) is 0 Å². The van der Waals surface area contributed by atoms with Crippen molar-refractivity contribution in [3.05, 3.63) is 82.3 Å². The summed E-state index contributed by atoms with van der Waals surface area (Å²) in [6, 6.07) is 16.5. The van der Waals surface area contributed by atoms with Crippen LogP contribution in [0.3, 0.4) is 0 Å². The van der Waals surface area contributed by atoms with Crippen molar-refractivity contribution >= 4 is 50.7 Å². The molecule has 9 nitrogen and oxygen atoms in total. The van der Waals surface area contributed by atoms with E-state index in [1.165, 1.54) is 43.4 Å². The van der Waals surface area contributed by atoms with Gasteiger partial charge in [0.1, 0.15) is 12.6 Å². The number of halogens is 2. The summed E-state index contributed by atoms with van der Waals surface area (Å²) < 4.78 is 39.7. The van der Waals surface area contributed by atoms with Gasteiger partial charge in [0.05, 0.1) is 34.8 Å². The van der Waals surface area contributed by atoms with Gasteiger partial charge in [0.25, 0.3) is 10.0 Å². The highest BCUT2D eigenvalue weighted by Crippen LogP contribution is 2.34. The number of sulfonamides is 1. The normalized spacial score (nSPS) is 14.2. The molecule has 0 aliphatic heterocycles. The third kappa shape index (κ3) is 7.74. The lowest BCUT2D eigenvalue weighted by Crippen LogP contribution is -2.52. The second-order valence-corrected chi connectivity index (χ2v) is 13.0. The molecule has 1 saturated carbocycles. The zero-order valence-electron chi connectivity index (χ0n) is 24.3. The maximum absolute atomic E-state index is 14.1. The molecule has 0 bridgehead atoms. The predicted octanol–water partition coefficient (Wildman–Crippen LogP) is 5.68. The molecule has 3 aromatic carbocycles. The smallest absolute Gasteiger partial charge is 0.264 e. The van der Waals surface area contributed by atoms with Crippen LogP contribution >= 0.6 is 23.2 Å². The number of carbonyl (C=O) groups is 2. The van der Waals surface area contributed by atoms with E-state index in [-0.39, 0.29) is 34.8 Å². The Morgan fingerprint density at radius 2 is 1.60 bits per heavy atom. The fraction of sp³-hybridized carbons (Fsp3) is 0.355. The lowest BCUT2D eigenvalue weighted by atomic mass is 10.1. The largest absolute Gasteiger partial charge is 0.493 e. The molecule has 1 aliphatic rings. The van der Waals surface area contributed by atoms with Gasteiger partial charge < -0.3 is 19.7 Å². The van der Waals surface area contributed by atoms with Crippen LogP contribution in [0.15, 0.2) is 71.6 Å². The van der Waals surface area contributed by atoms with Crippen LogP contribution in [0.2, 0.25) is 10.0 Å². The van der Waals surface area contributed by atoms with Crippen molar-refractivity contribution in [2.75, 3.05) is 25.1 Å². The van der Waals surface area contributed by atoms with Crippen molar-refractivity contribution in [2.45, 2.75) is 56.1 Å². The number of methoxy groups -OCH3 is 2. The highest BCUT2D eigenvalue weighted by Gasteiger charge is 2.33. The van der Waals surface area contributed by atoms with Gasteiger partial charge in [-0.3, -0.25) is 13.9 Å². The topological polar surface area (TPSA) is 105 Å². The molecule has 0 heterocycles. The van der Waals surface area contributed by atoms with Crippen LogP contribution in [0.5, 0.6) is 11.5 Å². The highest BCUT2D eigenvalue weighted by molar-refractivity contribution is 7.92. The quantitative estimate of drug-likeness (QED) is 0.271. The van der Waals surface area contributed by atoms with Gasteiger partial charge in [0, 0.05) is 18.7 Å². The summed E-state index contributed by atoms with van der Waals surface area (Å²) in [5, 5.41) is 3.70. The van der Waals surface area contributed by atoms with E-state index >= 15 is 0 Å². The summed E-state index contributed by atoms with van der Waals surface area (Å²) in [4.78, 5) is 28.9. The Balaban J connectivity index is 1.73. The van der Waals surface area contributed by atoms with E-state index in [2.05, 4.69) is 5.32 Å². The molecule has 4 rings (SSSR count). The second-order valence-electron chi connectivity index (χ2n) is 10.3. The minimum Gasteiger partial charge on any atom is -0.493 e. The molecule has 1 atom stereocenters. The molecule has 3 aromatic rings. The van der Waals surface area contributed by atoms with E-state index in [1.54, 1.807) is 49.4 Å². The van der Waals surface area contributed by atoms with E-state index in [0.717, 1.165) is 30.0 Å². The number of benzene rings is 3.